The SMILES string of the molecule is CCOC(=O)Cc1ccc(OCC)c(C)c1. The van der Waals surface area contributed by atoms with Crippen LogP contribution in [0.1, 0.15) is 25.0 Å². The Kier molecular flexibility index (Phi) is 4.83. The Hall–Kier alpha value is -1.51. The average molecular weight is 222 g/mol. The highest BCUT2D eigenvalue weighted by molar-refractivity contribution is 5.72. The number of benzene rings is 1. The van der Waals surface area contributed by atoms with E-state index in [4.69, 9.17) is 9.47 Å². The molecule has 0 saturated carbocycles. The summed E-state index contributed by atoms with van der Waals surface area (Å²) in [6.07, 6.45) is 0.321. The third-order valence-corrected chi connectivity index (χ3v) is 2.19. The number of rotatable bonds is 5. The third-order valence-electron chi connectivity index (χ3n) is 2.19. The Balaban J connectivity index is 2.69. The van der Waals surface area contributed by atoms with Crippen LogP contribution < -0.4 is 4.74 Å². The fourth-order valence-electron chi connectivity index (χ4n) is 1.52. The Labute approximate surface area is 96.4 Å². The highest BCUT2D eigenvalue weighted by Crippen LogP contribution is 2.19. The van der Waals surface area contributed by atoms with Gasteiger partial charge in [-0.1, -0.05) is 12.1 Å². The van der Waals surface area contributed by atoms with Gasteiger partial charge in [0, 0.05) is 0 Å². The molecule has 0 saturated heterocycles. The van der Waals surface area contributed by atoms with Crippen molar-refractivity contribution in [3.8, 4) is 5.75 Å². The quantitative estimate of drug-likeness (QED) is 0.718. The lowest BCUT2D eigenvalue weighted by atomic mass is 10.1. The number of esters is 1. The largest absolute Gasteiger partial charge is 0.494 e. The lowest BCUT2D eigenvalue weighted by Gasteiger charge is -2.08. The van der Waals surface area contributed by atoms with Crippen LogP contribution >= 0.6 is 0 Å². The molecule has 0 atom stereocenters. The summed E-state index contributed by atoms with van der Waals surface area (Å²) >= 11 is 0. The maximum Gasteiger partial charge on any atom is 0.310 e. The van der Waals surface area contributed by atoms with E-state index in [1.807, 2.05) is 32.0 Å². The summed E-state index contributed by atoms with van der Waals surface area (Å²) in [5.41, 5.74) is 2.00. The minimum Gasteiger partial charge on any atom is -0.494 e. The van der Waals surface area contributed by atoms with Gasteiger partial charge >= 0.3 is 5.97 Å². The molecule has 0 unspecified atom stereocenters. The summed E-state index contributed by atoms with van der Waals surface area (Å²) in [4.78, 5) is 11.3. The summed E-state index contributed by atoms with van der Waals surface area (Å²) < 4.78 is 10.3. The van der Waals surface area contributed by atoms with Crippen LogP contribution in [-0.2, 0) is 16.0 Å². The predicted octanol–water partition coefficient (Wildman–Crippen LogP) is 2.50. The standard InChI is InChI=1S/C13H18O3/c1-4-15-12-7-6-11(8-10(12)3)9-13(14)16-5-2/h6-8H,4-5,9H2,1-3H3. The predicted molar refractivity (Wildman–Crippen MR) is 62.7 cm³/mol. The molecule has 0 spiro atoms. The molecule has 3 nitrogen and oxygen atoms in total. The van der Waals surface area contributed by atoms with Gasteiger partial charge in [0.2, 0.25) is 0 Å². The maximum absolute atomic E-state index is 11.3. The number of carbonyl (C=O) groups is 1. The summed E-state index contributed by atoms with van der Waals surface area (Å²) in [5, 5.41) is 0. The molecule has 0 aliphatic heterocycles. The van der Waals surface area contributed by atoms with Gasteiger partial charge in [-0.25, -0.2) is 0 Å². The second-order valence-corrected chi connectivity index (χ2v) is 3.51. The van der Waals surface area contributed by atoms with E-state index in [1.165, 1.54) is 0 Å². The van der Waals surface area contributed by atoms with Crippen molar-refractivity contribution in [3.63, 3.8) is 0 Å². The van der Waals surface area contributed by atoms with Crippen molar-refractivity contribution >= 4 is 5.97 Å². The van der Waals surface area contributed by atoms with Crippen LogP contribution in [0.4, 0.5) is 0 Å². The van der Waals surface area contributed by atoms with E-state index >= 15 is 0 Å². The molecular formula is C13H18O3. The molecule has 88 valence electrons. The highest BCUT2D eigenvalue weighted by atomic mass is 16.5. The molecule has 0 aromatic heterocycles. The maximum atomic E-state index is 11.3. The van der Waals surface area contributed by atoms with Crippen LogP contribution in [0.25, 0.3) is 0 Å². The van der Waals surface area contributed by atoms with Gasteiger partial charge in [-0.05, 0) is 38.0 Å². The minimum absolute atomic E-state index is 0.189. The molecule has 1 aromatic carbocycles. The molecule has 1 aromatic rings. The fourth-order valence-corrected chi connectivity index (χ4v) is 1.52. The first-order valence-electron chi connectivity index (χ1n) is 5.55. The molecular weight excluding hydrogens is 204 g/mol. The molecule has 0 N–H and O–H groups in total. The smallest absolute Gasteiger partial charge is 0.310 e. The zero-order valence-corrected chi connectivity index (χ0v) is 10.1. The van der Waals surface area contributed by atoms with Crippen molar-refractivity contribution in [2.24, 2.45) is 0 Å². The molecule has 0 heterocycles. The first-order chi connectivity index (χ1) is 7.67. The van der Waals surface area contributed by atoms with E-state index < -0.39 is 0 Å². The average Bonchev–Trinajstić information content (AvgIpc) is 2.22. The normalized spacial score (nSPS) is 9.94. The molecule has 0 radical (unpaired) electrons. The first kappa shape index (κ1) is 12.6. The van der Waals surface area contributed by atoms with Crippen LogP contribution in [0.2, 0.25) is 0 Å². The van der Waals surface area contributed by atoms with E-state index in [-0.39, 0.29) is 5.97 Å². The Bertz CT molecular complexity index is 358. The van der Waals surface area contributed by atoms with Crippen molar-refractivity contribution < 1.29 is 14.3 Å². The molecule has 16 heavy (non-hydrogen) atoms. The Morgan fingerprint density at radius 1 is 1.25 bits per heavy atom. The number of aryl methyl sites for hydroxylation is 1. The first-order valence-corrected chi connectivity index (χ1v) is 5.55. The number of hydrogen-bond donors (Lipinski definition) is 0. The monoisotopic (exact) mass is 222 g/mol. The molecule has 3 heteroatoms. The summed E-state index contributed by atoms with van der Waals surface area (Å²) in [6, 6.07) is 5.75. The molecule has 1 rings (SSSR count). The van der Waals surface area contributed by atoms with Gasteiger partial charge in [-0.15, -0.1) is 0 Å². The van der Waals surface area contributed by atoms with Gasteiger partial charge in [0.1, 0.15) is 5.75 Å². The summed E-state index contributed by atoms with van der Waals surface area (Å²) in [6.45, 7) is 6.81. The van der Waals surface area contributed by atoms with Gasteiger partial charge in [-0.2, -0.15) is 0 Å². The van der Waals surface area contributed by atoms with E-state index in [1.54, 1.807) is 6.92 Å². The zero-order chi connectivity index (χ0) is 12.0. The molecule has 0 aliphatic carbocycles. The minimum atomic E-state index is -0.189. The van der Waals surface area contributed by atoms with E-state index in [0.29, 0.717) is 19.6 Å². The van der Waals surface area contributed by atoms with Gasteiger partial charge in [0.25, 0.3) is 0 Å². The Morgan fingerprint density at radius 2 is 2.00 bits per heavy atom. The van der Waals surface area contributed by atoms with Crippen molar-refractivity contribution in [1.82, 2.24) is 0 Å². The summed E-state index contributed by atoms with van der Waals surface area (Å²) in [5.74, 6) is 0.682. The molecule has 0 amide bonds. The van der Waals surface area contributed by atoms with Crippen LogP contribution in [-0.4, -0.2) is 19.2 Å². The van der Waals surface area contributed by atoms with Crippen LogP contribution in [0.3, 0.4) is 0 Å². The van der Waals surface area contributed by atoms with Crippen LogP contribution in [0, 0.1) is 6.92 Å². The molecule has 0 bridgehead atoms. The van der Waals surface area contributed by atoms with Gasteiger partial charge in [0.15, 0.2) is 0 Å². The van der Waals surface area contributed by atoms with Crippen LogP contribution in [0.5, 0.6) is 5.75 Å². The molecule has 0 fully saturated rings. The lowest BCUT2D eigenvalue weighted by Crippen LogP contribution is -2.07. The van der Waals surface area contributed by atoms with Gasteiger partial charge in [0.05, 0.1) is 19.6 Å². The van der Waals surface area contributed by atoms with Crippen molar-refractivity contribution in [1.29, 1.82) is 0 Å². The number of hydrogen-bond acceptors (Lipinski definition) is 3. The van der Waals surface area contributed by atoms with E-state index in [2.05, 4.69) is 0 Å². The van der Waals surface area contributed by atoms with Crippen LogP contribution in [0.15, 0.2) is 18.2 Å². The number of carbonyl (C=O) groups excluding carboxylic acids is 1. The molecule has 0 aliphatic rings. The van der Waals surface area contributed by atoms with Gasteiger partial charge < -0.3 is 9.47 Å². The topological polar surface area (TPSA) is 35.5 Å². The van der Waals surface area contributed by atoms with Crippen molar-refractivity contribution in [3.05, 3.63) is 29.3 Å². The van der Waals surface area contributed by atoms with Crippen molar-refractivity contribution in [2.45, 2.75) is 27.2 Å². The zero-order valence-electron chi connectivity index (χ0n) is 10.1. The summed E-state index contributed by atoms with van der Waals surface area (Å²) in [7, 11) is 0. The fraction of sp³-hybridized carbons (Fsp3) is 0.462. The lowest BCUT2D eigenvalue weighted by molar-refractivity contribution is -0.142. The Morgan fingerprint density at radius 3 is 2.56 bits per heavy atom. The van der Waals surface area contributed by atoms with Gasteiger partial charge in [-0.3, -0.25) is 4.79 Å². The number of ether oxygens (including phenoxy) is 2. The van der Waals surface area contributed by atoms with E-state index in [0.717, 1.165) is 16.9 Å². The second-order valence-electron chi connectivity index (χ2n) is 3.51. The highest BCUT2D eigenvalue weighted by Gasteiger charge is 2.06. The van der Waals surface area contributed by atoms with Crippen molar-refractivity contribution in [2.75, 3.05) is 13.2 Å². The third kappa shape index (κ3) is 3.57. The van der Waals surface area contributed by atoms with E-state index in [9.17, 15) is 4.79 Å². The second kappa shape index (κ2) is 6.16.